The average Bonchev–Trinajstić information content (AvgIpc) is 3.06. The van der Waals surface area contributed by atoms with Crippen LogP contribution in [0.15, 0.2) is 70.9 Å². The number of carbonyl (C=O) groups excluding carboxylic acids is 1. The van der Waals surface area contributed by atoms with Crippen molar-refractivity contribution in [1.82, 2.24) is 0 Å². The van der Waals surface area contributed by atoms with Crippen LogP contribution in [-0.2, 0) is 5.75 Å². The average molecular weight is 341 g/mol. The van der Waals surface area contributed by atoms with E-state index < -0.39 is 0 Å². The van der Waals surface area contributed by atoms with Crippen molar-refractivity contribution in [2.24, 2.45) is 0 Å². The van der Waals surface area contributed by atoms with Gasteiger partial charge in [-0.3, -0.25) is 4.79 Å². The van der Waals surface area contributed by atoms with Crippen LogP contribution in [0.2, 0.25) is 0 Å². The molecule has 0 fully saturated rings. The standard InChI is InChI=1S/C18H15NO2S2/c20-14-6-3-5-13(11-14)19-18(21)16-8-1-2-9-17(16)23-12-15-7-4-10-22-15/h1-11,20H,12H2,(H,19,21). The summed E-state index contributed by atoms with van der Waals surface area (Å²) in [6.07, 6.45) is 0. The maximum Gasteiger partial charge on any atom is 0.256 e. The van der Waals surface area contributed by atoms with Gasteiger partial charge in [0.05, 0.1) is 5.56 Å². The molecule has 1 aromatic heterocycles. The molecule has 0 saturated carbocycles. The van der Waals surface area contributed by atoms with Crippen LogP contribution >= 0.6 is 23.1 Å². The zero-order chi connectivity index (χ0) is 16.1. The van der Waals surface area contributed by atoms with Crippen LogP contribution in [0.5, 0.6) is 5.75 Å². The number of benzene rings is 2. The number of nitrogens with one attached hydrogen (secondary N) is 1. The van der Waals surface area contributed by atoms with E-state index in [2.05, 4.69) is 16.8 Å². The van der Waals surface area contributed by atoms with Gasteiger partial charge in [0.25, 0.3) is 5.91 Å². The molecule has 3 rings (SSSR count). The largest absolute Gasteiger partial charge is 0.508 e. The molecule has 0 unspecified atom stereocenters. The summed E-state index contributed by atoms with van der Waals surface area (Å²) in [7, 11) is 0. The lowest BCUT2D eigenvalue weighted by Gasteiger charge is -2.10. The topological polar surface area (TPSA) is 49.3 Å². The number of thiophene rings is 1. The van der Waals surface area contributed by atoms with Crippen LogP contribution in [-0.4, -0.2) is 11.0 Å². The van der Waals surface area contributed by atoms with Gasteiger partial charge in [-0.2, -0.15) is 0 Å². The van der Waals surface area contributed by atoms with Crippen LogP contribution in [0, 0.1) is 0 Å². The lowest BCUT2D eigenvalue weighted by atomic mass is 10.2. The minimum absolute atomic E-state index is 0.128. The van der Waals surface area contributed by atoms with E-state index in [1.807, 2.05) is 30.3 Å². The van der Waals surface area contributed by atoms with Crippen molar-refractivity contribution in [3.8, 4) is 5.75 Å². The van der Waals surface area contributed by atoms with Crippen molar-refractivity contribution in [3.63, 3.8) is 0 Å². The number of anilines is 1. The molecule has 0 bridgehead atoms. The Balaban J connectivity index is 1.75. The molecule has 0 spiro atoms. The maximum atomic E-state index is 12.5. The van der Waals surface area contributed by atoms with E-state index in [1.165, 1.54) is 10.9 Å². The molecule has 0 radical (unpaired) electrons. The van der Waals surface area contributed by atoms with Gasteiger partial charge in [-0.05, 0) is 35.7 Å². The Bertz CT molecular complexity index is 800. The highest BCUT2D eigenvalue weighted by Gasteiger charge is 2.12. The summed E-state index contributed by atoms with van der Waals surface area (Å²) >= 11 is 3.36. The van der Waals surface area contributed by atoms with E-state index in [-0.39, 0.29) is 11.7 Å². The molecule has 0 atom stereocenters. The normalized spacial score (nSPS) is 10.4. The lowest BCUT2D eigenvalue weighted by Crippen LogP contribution is -2.12. The second-order valence-corrected chi connectivity index (χ2v) is 6.92. The van der Waals surface area contributed by atoms with Gasteiger partial charge in [-0.15, -0.1) is 23.1 Å². The quantitative estimate of drug-likeness (QED) is 0.642. The monoisotopic (exact) mass is 341 g/mol. The number of amides is 1. The maximum absolute atomic E-state index is 12.5. The van der Waals surface area contributed by atoms with Crippen molar-refractivity contribution in [3.05, 3.63) is 76.5 Å². The Hall–Kier alpha value is -2.24. The van der Waals surface area contributed by atoms with Crippen LogP contribution in [0.4, 0.5) is 5.69 Å². The molecule has 23 heavy (non-hydrogen) atoms. The van der Waals surface area contributed by atoms with E-state index in [1.54, 1.807) is 41.3 Å². The number of aromatic hydroxyl groups is 1. The highest BCUT2D eigenvalue weighted by Crippen LogP contribution is 2.28. The second kappa shape index (κ2) is 7.35. The first-order valence-electron chi connectivity index (χ1n) is 7.07. The van der Waals surface area contributed by atoms with E-state index in [0.717, 1.165) is 10.6 Å². The fourth-order valence-corrected chi connectivity index (χ4v) is 3.93. The van der Waals surface area contributed by atoms with Crippen molar-refractivity contribution in [2.45, 2.75) is 10.6 Å². The Labute approximate surface area is 143 Å². The third-order valence-corrected chi connectivity index (χ3v) is 5.37. The Morgan fingerprint density at radius 2 is 1.96 bits per heavy atom. The number of rotatable bonds is 5. The Morgan fingerprint density at radius 3 is 2.74 bits per heavy atom. The molecule has 2 N–H and O–H groups in total. The molecule has 0 aliphatic heterocycles. The predicted octanol–water partition coefficient (Wildman–Crippen LogP) is 5.00. The van der Waals surface area contributed by atoms with Gasteiger partial charge in [0.2, 0.25) is 0 Å². The molecule has 3 nitrogen and oxygen atoms in total. The molecule has 0 aliphatic rings. The molecule has 1 amide bonds. The van der Waals surface area contributed by atoms with E-state index in [4.69, 9.17) is 0 Å². The summed E-state index contributed by atoms with van der Waals surface area (Å²) in [5, 5.41) is 14.4. The number of hydrogen-bond acceptors (Lipinski definition) is 4. The molecule has 1 heterocycles. The first-order valence-corrected chi connectivity index (χ1v) is 8.93. The molecule has 3 aromatic rings. The molecule has 0 aliphatic carbocycles. The summed E-state index contributed by atoms with van der Waals surface area (Å²) in [5.41, 5.74) is 1.21. The predicted molar refractivity (Wildman–Crippen MR) is 96.4 cm³/mol. The van der Waals surface area contributed by atoms with E-state index in [0.29, 0.717) is 11.3 Å². The van der Waals surface area contributed by atoms with Crippen molar-refractivity contribution < 1.29 is 9.90 Å². The Morgan fingerprint density at radius 1 is 1.09 bits per heavy atom. The zero-order valence-corrected chi connectivity index (χ0v) is 13.9. The fourth-order valence-electron chi connectivity index (χ4n) is 2.11. The number of hydrogen-bond donors (Lipinski definition) is 2. The van der Waals surface area contributed by atoms with Gasteiger partial charge in [0.15, 0.2) is 0 Å². The van der Waals surface area contributed by atoms with Crippen LogP contribution in [0.3, 0.4) is 0 Å². The highest BCUT2D eigenvalue weighted by atomic mass is 32.2. The molecular weight excluding hydrogens is 326 g/mol. The summed E-state index contributed by atoms with van der Waals surface area (Å²) < 4.78 is 0. The highest BCUT2D eigenvalue weighted by molar-refractivity contribution is 7.98. The van der Waals surface area contributed by atoms with Crippen molar-refractivity contribution in [2.75, 3.05) is 5.32 Å². The van der Waals surface area contributed by atoms with Crippen molar-refractivity contribution >= 4 is 34.7 Å². The first kappa shape index (κ1) is 15.6. The van der Waals surface area contributed by atoms with Gasteiger partial charge in [0.1, 0.15) is 5.75 Å². The van der Waals surface area contributed by atoms with Crippen molar-refractivity contribution in [1.29, 1.82) is 0 Å². The lowest BCUT2D eigenvalue weighted by molar-refractivity contribution is 0.102. The molecule has 0 saturated heterocycles. The minimum atomic E-state index is -0.176. The second-order valence-electron chi connectivity index (χ2n) is 4.87. The SMILES string of the molecule is O=C(Nc1cccc(O)c1)c1ccccc1SCc1cccs1. The third kappa shape index (κ3) is 4.15. The van der Waals surface area contributed by atoms with Gasteiger partial charge in [-0.1, -0.05) is 24.3 Å². The molecule has 5 heteroatoms. The summed E-state index contributed by atoms with van der Waals surface area (Å²) in [6.45, 7) is 0. The Kier molecular flexibility index (Phi) is 5.00. The van der Waals surface area contributed by atoms with Gasteiger partial charge < -0.3 is 10.4 Å². The van der Waals surface area contributed by atoms with Gasteiger partial charge in [-0.25, -0.2) is 0 Å². The molecule has 116 valence electrons. The summed E-state index contributed by atoms with van der Waals surface area (Å²) in [4.78, 5) is 14.7. The first-order chi connectivity index (χ1) is 11.2. The number of phenols is 1. The summed E-state index contributed by atoms with van der Waals surface area (Å²) in [6, 6.07) is 18.2. The van der Waals surface area contributed by atoms with E-state index >= 15 is 0 Å². The van der Waals surface area contributed by atoms with Crippen LogP contribution in [0.25, 0.3) is 0 Å². The number of phenolic OH excluding ortho intramolecular Hbond substituents is 1. The number of carbonyl (C=O) groups is 1. The smallest absolute Gasteiger partial charge is 0.256 e. The van der Waals surface area contributed by atoms with E-state index in [9.17, 15) is 9.90 Å². The van der Waals surface area contributed by atoms with Crippen LogP contribution in [0.1, 0.15) is 15.2 Å². The van der Waals surface area contributed by atoms with Gasteiger partial charge >= 0.3 is 0 Å². The van der Waals surface area contributed by atoms with Gasteiger partial charge in [0, 0.05) is 27.3 Å². The zero-order valence-electron chi connectivity index (χ0n) is 12.2. The number of thioether (sulfide) groups is 1. The van der Waals surface area contributed by atoms with Crippen LogP contribution < -0.4 is 5.32 Å². The molecular formula is C18H15NO2S2. The molecule has 2 aromatic carbocycles. The third-order valence-electron chi connectivity index (χ3n) is 3.19. The fraction of sp³-hybridized carbons (Fsp3) is 0.0556. The summed E-state index contributed by atoms with van der Waals surface area (Å²) in [5.74, 6) is 0.793. The minimum Gasteiger partial charge on any atom is -0.508 e.